The van der Waals surface area contributed by atoms with Crippen LogP contribution in [-0.2, 0) is 10.1 Å². The third kappa shape index (κ3) is 1.80. The van der Waals surface area contributed by atoms with Crippen LogP contribution in [0.15, 0.2) is 17.2 Å². The summed E-state index contributed by atoms with van der Waals surface area (Å²) in [4.78, 5) is 3.68. The summed E-state index contributed by atoms with van der Waals surface area (Å²) in [5.74, 6) is 0. The Morgan fingerprint density at radius 3 is 2.42 bits per heavy atom. The van der Waals surface area contributed by atoms with E-state index >= 15 is 0 Å². The highest BCUT2D eigenvalue weighted by atomic mass is 32.2. The van der Waals surface area contributed by atoms with Gasteiger partial charge in [0.05, 0.1) is 5.69 Å². The molecule has 0 unspecified atom stereocenters. The van der Waals surface area contributed by atoms with Crippen molar-refractivity contribution in [3.05, 3.63) is 23.5 Å². The van der Waals surface area contributed by atoms with E-state index in [1.54, 1.807) is 13.1 Å². The highest BCUT2D eigenvalue weighted by Gasteiger charge is 2.13. The molecule has 0 spiro atoms. The summed E-state index contributed by atoms with van der Waals surface area (Å²) in [6.45, 7) is 3.24. The van der Waals surface area contributed by atoms with E-state index in [1.807, 2.05) is 0 Å². The van der Waals surface area contributed by atoms with Crippen molar-refractivity contribution in [1.29, 1.82) is 0 Å². The molecule has 0 aliphatic carbocycles. The Kier molecular flexibility index (Phi) is 2.16. The molecule has 0 saturated carbocycles. The molecule has 4 nitrogen and oxygen atoms in total. The Hall–Kier alpha value is -0.940. The Labute approximate surface area is 71.0 Å². The molecular formula is C7H9NO3S. The fraction of sp³-hybridized carbons (Fsp3) is 0.286. The normalized spacial score (nSPS) is 11.6. The summed E-state index contributed by atoms with van der Waals surface area (Å²) < 4.78 is 30.2. The average molecular weight is 187 g/mol. The van der Waals surface area contributed by atoms with Crippen LogP contribution < -0.4 is 0 Å². The molecule has 0 amide bonds. The van der Waals surface area contributed by atoms with Crippen molar-refractivity contribution in [3.8, 4) is 0 Å². The topological polar surface area (TPSA) is 67.3 Å². The van der Waals surface area contributed by atoms with Crippen molar-refractivity contribution in [2.45, 2.75) is 18.7 Å². The van der Waals surface area contributed by atoms with E-state index < -0.39 is 10.1 Å². The molecule has 0 saturated heterocycles. The van der Waals surface area contributed by atoms with Crippen LogP contribution in [0.1, 0.15) is 11.3 Å². The predicted octanol–water partition coefficient (Wildman–Crippen LogP) is 0.945. The van der Waals surface area contributed by atoms with Gasteiger partial charge < -0.3 is 0 Å². The maximum Gasteiger partial charge on any atom is 0.296 e. The van der Waals surface area contributed by atoms with Gasteiger partial charge in [-0.15, -0.1) is 0 Å². The number of aryl methyl sites for hydroxylation is 2. The van der Waals surface area contributed by atoms with Gasteiger partial charge in [-0.05, 0) is 25.5 Å². The lowest BCUT2D eigenvalue weighted by Crippen LogP contribution is -2.02. The molecule has 1 N–H and O–H groups in total. The van der Waals surface area contributed by atoms with E-state index in [-0.39, 0.29) is 4.90 Å². The zero-order valence-corrected chi connectivity index (χ0v) is 7.59. The van der Waals surface area contributed by atoms with Crippen molar-refractivity contribution in [2.75, 3.05) is 0 Å². The summed E-state index contributed by atoms with van der Waals surface area (Å²) in [6.07, 6.45) is 1.55. The number of hydrogen-bond acceptors (Lipinski definition) is 3. The van der Waals surface area contributed by atoms with Gasteiger partial charge in [0.2, 0.25) is 0 Å². The van der Waals surface area contributed by atoms with Crippen molar-refractivity contribution >= 4 is 10.1 Å². The van der Waals surface area contributed by atoms with E-state index in [0.29, 0.717) is 11.3 Å². The molecule has 0 fully saturated rings. The molecule has 0 aliphatic heterocycles. The first-order valence-electron chi connectivity index (χ1n) is 3.32. The first kappa shape index (κ1) is 9.15. The summed E-state index contributed by atoms with van der Waals surface area (Å²) in [5, 5.41) is 0. The van der Waals surface area contributed by atoms with Crippen LogP contribution in [0.25, 0.3) is 0 Å². The lowest BCUT2D eigenvalue weighted by atomic mass is 10.3. The second kappa shape index (κ2) is 2.84. The van der Waals surface area contributed by atoms with E-state index in [1.165, 1.54) is 13.0 Å². The Bertz CT molecular complexity index is 397. The van der Waals surface area contributed by atoms with Gasteiger partial charge in [-0.2, -0.15) is 8.42 Å². The van der Waals surface area contributed by atoms with Crippen LogP contribution in [0.2, 0.25) is 0 Å². The van der Waals surface area contributed by atoms with Crippen molar-refractivity contribution in [3.63, 3.8) is 0 Å². The van der Waals surface area contributed by atoms with Gasteiger partial charge >= 0.3 is 0 Å². The van der Waals surface area contributed by atoms with Crippen LogP contribution in [0.4, 0.5) is 0 Å². The lowest BCUT2D eigenvalue weighted by molar-refractivity contribution is 0.482. The van der Waals surface area contributed by atoms with Gasteiger partial charge in [-0.25, -0.2) is 0 Å². The molecule has 0 atom stereocenters. The SMILES string of the molecule is Cc1cnc(C)c(S(=O)(=O)O)c1. The first-order valence-corrected chi connectivity index (χ1v) is 4.76. The van der Waals surface area contributed by atoms with Crippen molar-refractivity contribution < 1.29 is 13.0 Å². The van der Waals surface area contributed by atoms with E-state index in [2.05, 4.69) is 4.98 Å². The highest BCUT2D eigenvalue weighted by molar-refractivity contribution is 7.85. The molecule has 1 heterocycles. The third-order valence-electron chi connectivity index (χ3n) is 1.46. The van der Waals surface area contributed by atoms with Crippen LogP contribution >= 0.6 is 0 Å². The zero-order valence-electron chi connectivity index (χ0n) is 6.77. The van der Waals surface area contributed by atoms with Gasteiger partial charge in [0.1, 0.15) is 4.90 Å². The molecule has 12 heavy (non-hydrogen) atoms. The second-order valence-corrected chi connectivity index (χ2v) is 3.96. The van der Waals surface area contributed by atoms with E-state index in [4.69, 9.17) is 4.55 Å². The van der Waals surface area contributed by atoms with Gasteiger partial charge in [0.15, 0.2) is 0 Å². The average Bonchev–Trinajstić information content (AvgIpc) is 1.92. The Balaban J connectivity index is 3.43. The monoisotopic (exact) mass is 187 g/mol. The van der Waals surface area contributed by atoms with Crippen molar-refractivity contribution in [1.82, 2.24) is 4.98 Å². The lowest BCUT2D eigenvalue weighted by Gasteiger charge is -2.01. The highest BCUT2D eigenvalue weighted by Crippen LogP contribution is 2.13. The Morgan fingerprint density at radius 2 is 2.00 bits per heavy atom. The van der Waals surface area contributed by atoms with Crippen LogP contribution in [-0.4, -0.2) is 18.0 Å². The van der Waals surface area contributed by atoms with Crippen LogP contribution in [0.5, 0.6) is 0 Å². The van der Waals surface area contributed by atoms with E-state index in [9.17, 15) is 8.42 Å². The standard InChI is InChI=1S/C7H9NO3S/c1-5-3-7(12(9,10)11)6(2)8-4-5/h3-4H,1-2H3,(H,9,10,11). The van der Waals surface area contributed by atoms with Crippen LogP contribution in [0, 0.1) is 13.8 Å². The van der Waals surface area contributed by atoms with E-state index in [0.717, 1.165) is 0 Å². The van der Waals surface area contributed by atoms with Gasteiger partial charge in [0, 0.05) is 6.20 Å². The van der Waals surface area contributed by atoms with Crippen molar-refractivity contribution in [2.24, 2.45) is 0 Å². The minimum Gasteiger partial charge on any atom is -0.282 e. The maximum absolute atomic E-state index is 10.7. The summed E-state index contributed by atoms with van der Waals surface area (Å²) >= 11 is 0. The fourth-order valence-corrected chi connectivity index (χ4v) is 1.63. The quantitative estimate of drug-likeness (QED) is 0.664. The number of hydrogen-bond donors (Lipinski definition) is 1. The molecule has 1 aromatic heterocycles. The summed E-state index contributed by atoms with van der Waals surface area (Å²) in [5.41, 5.74) is 1.01. The largest absolute Gasteiger partial charge is 0.296 e. The number of pyridine rings is 1. The van der Waals surface area contributed by atoms with Gasteiger partial charge in [-0.1, -0.05) is 0 Å². The third-order valence-corrected chi connectivity index (χ3v) is 2.42. The maximum atomic E-state index is 10.7. The molecule has 0 aromatic carbocycles. The molecule has 66 valence electrons. The number of aromatic nitrogens is 1. The molecule has 0 radical (unpaired) electrons. The predicted molar refractivity (Wildman–Crippen MR) is 43.5 cm³/mol. The smallest absolute Gasteiger partial charge is 0.282 e. The Morgan fingerprint density at radius 1 is 1.42 bits per heavy atom. The molecule has 0 bridgehead atoms. The minimum atomic E-state index is -4.12. The minimum absolute atomic E-state index is 0.123. The van der Waals surface area contributed by atoms with Crippen LogP contribution in [0.3, 0.4) is 0 Å². The number of nitrogens with zero attached hydrogens (tertiary/aromatic N) is 1. The zero-order chi connectivity index (χ0) is 9.35. The van der Waals surface area contributed by atoms with Gasteiger partial charge in [0.25, 0.3) is 10.1 Å². The molecule has 1 aromatic rings. The molecular weight excluding hydrogens is 178 g/mol. The summed E-state index contributed by atoms with van der Waals surface area (Å²) in [7, 11) is -4.12. The molecule has 1 rings (SSSR count). The van der Waals surface area contributed by atoms with Gasteiger partial charge in [-0.3, -0.25) is 9.54 Å². The molecule has 5 heteroatoms. The molecule has 0 aliphatic rings. The number of rotatable bonds is 1. The second-order valence-electron chi connectivity index (χ2n) is 2.57. The fourth-order valence-electron chi connectivity index (χ4n) is 0.872. The summed E-state index contributed by atoms with van der Waals surface area (Å²) in [6, 6.07) is 1.39. The first-order chi connectivity index (χ1) is 5.41.